The number of pyridine rings is 1. The second-order valence-electron chi connectivity index (χ2n) is 8.33. The van der Waals surface area contributed by atoms with E-state index in [4.69, 9.17) is 4.74 Å². The zero-order valence-electron chi connectivity index (χ0n) is 18.5. The van der Waals surface area contributed by atoms with Crippen molar-refractivity contribution in [1.82, 2.24) is 14.9 Å². The minimum atomic E-state index is -2.63. The first-order valence-corrected chi connectivity index (χ1v) is 10.7. The fraction of sp³-hybridized carbons (Fsp3) is 0.320. The van der Waals surface area contributed by atoms with Gasteiger partial charge in [0.05, 0.1) is 17.8 Å². The zero-order valence-corrected chi connectivity index (χ0v) is 18.5. The van der Waals surface area contributed by atoms with Crippen LogP contribution in [-0.4, -0.2) is 53.7 Å². The van der Waals surface area contributed by atoms with Crippen LogP contribution < -0.4 is 4.74 Å². The lowest BCUT2D eigenvalue weighted by Gasteiger charge is -2.24. The number of aromatic nitrogens is 2. The van der Waals surface area contributed by atoms with E-state index >= 15 is 0 Å². The van der Waals surface area contributed by atoms with Crippen molar-refractivity contribution in [2.24, 2.45) is 5.92 Å². The molecule has 1 aliphatic carbocycles. The minimum absolute atomic E-state index is 0.0976. The number of nitrogens with one attached hydrogen (secondary N) is 1. The molecule has 0 saturated heterocycles. The van der Waals surface area contributed by atoms with Gasteiger partial charge >= 0.3 is 0 Å². The maximum absolute atomic E-state index is 13.2. The van der Waals surface area contributed by atoms with E-state index < -0.39 is 19.0 Å². The summed E-state index contributed by atoms with van der Waals surface area (Å²) < 4.78 is 30.9. The molecule has 6 nitrogen and oxygen atoms in total. The smallest absolute Gasteiger partial charge is 0.272 e. The predicted octanol–water partition coefficient (Wildman–Crippen LogP) is 4.14. The van der Waals surface area contributed by atoms with Crippen LogP contribution in [0.4, 0.5) is 8.78 Å². The summed E-state index contributed by atoms with van der Waals surface area (Å²) in [5, 5.41) is 0. The van der Waals surface area contributed by atoms with Crippen molar-refractivity contribution in [2.45, 2.75) is 25.7 Å². The molecule has 1 amide bonds. The number of hydrogen-bond donors (Lipinski definition) is 1. The molecular formula is C25H25F2N3O3. The van der Waals surface area contributed by atoms with Crippen molar-refractivity contribution in [3.63, 3.8) is 0 Å². The number of Topliss-reactive ketones (excluding diaryl/α,β-unsaturated/α-hetero) is 1. The number of ether oxygens (including phenoxy) is 1. The first-order valence-electron chi connectivity index (χ1n) is 10.7. The Kier molecular flexibility index (Phi) is 6.53. The number of carbonyl (C=O) groups excluding carboxylic acids is 2. The molecule has 1 aliphatic rings. The monoisotopic (exact) mass is 453 g/mol. The third kappa shape index (κ3) is 4.79. The van der Waals surface area contributed by atoms with Gasteiger partial charge in [0.1, 0.15) is 12.4 Å². The fourth-order valence-corrected chi connectivity index (χ4v) is 4.33. The van der Waals surface area contributed by atoms with Crippen LogP contribution in [0, 0.1) is 5.92 Å². The van der Waals surface area contributed by atoms with Crippen LogP contribution in [0.1, 0.15) is 33.6 Å². The van der Waals surface area contributed by atoms with E-state index in [-0.39, 0.29) is 23.9 Å². The zero-order chi connectivity index (χ0) is 23.5. The average Bonchev–Trinajstić information content (AvgIpc) is 3.16. The molecule has 172 valence electrons. The van der Waals surface area contributed by atoms with Gasteiger partial charge in [-0.1, -0.05) is 30.3 Å². The number of carbonyl (C=O) groups is 2. The first kappa shape index (κ1) is 22.6. The van der Waals surface area contributed by atoms with Gasteiger partial charge in [0.15, 0.2) is 5.78 Å². The Labute approximate surface area is 190 Å². The molecule has 0 bridgehead atoms. The van der Waals surface area contributed by atoms with Crippen molar-refractivity contribution in [2.75, 3.05) is 20.7 Å². The van der Waals surface area contributed by atoms with E-state index in [2.05, 4.69) is 9.97 Å². The molecule has 0 fully saturated rings. The van der Waals surface area contributed by atoms with E-state index in [1.54, 1.807) is 26.4 Å². The first-order chi connectivity index (χ1) is 15.8. The van der Waals surface area contributed by atoms with Crippen LogP contribution in [0.5, 0.6) is 5.75 Å². The number of benzene rings is 1. The molecule has 0 radical (unpaired) electrons. The lowest BCUT2D eigenvalue weighted by Crippen LogP contribution is -2.35. The molecule has 2 aromatic heterocycles. The summed E-state index contributed by atoms with van der Waals surface area (Å²) in [6, 6.07) is 11.4. The quantitative estimate of drug-likeness (QED) is 0.583. The van der Waals surface area contributed by atoms with Gasteiger partial charge in [-0.3, -0.25) is 14.6 Å². The van der Waals surface area contributed by atoms with Gasteiger partial charge in [-0.05, 0) is 17.2 Å². The SMILES string of the molecule is CN(C)C(=O)C1CC(=O)c2c([nH]c(-c3ccncc3OCC(F)F)c2Cc2ccccc2)C1. The molecule has 2 heterocycles. The highest BCUT2D eigenvalue weighted by molar-refractivity contribution is 6.04. The van der Waals surface area contributed by atoms with E-state index in [1.165, 1.54) is 11.1 Å². The number of aromatic amines is 1. The van der Waals surface area contributed by atoms with Gasteiger partial charge in [0.2, 0.25) is 5.91 Å². The summed E-state index contributed by atoms with van der Waals surface area (Å²) in [7, 11) is 3.35. The standard InChI is InChI=1S/C25H25F2N3O3/c1-30(2)25(32)16-11-19-23(20(31)12-16)18(10-15-6-4-3-5-7-15)24(29-19)17-8-9-28-13-21(17)33-14-22(26)27/h3-9,13,16,22,29H,10-12,14H2,1-2H3. The van der Waals surface area contributed by atoms with Crippen LogP contribution in [0.25, 0.3) is 11.3 Å². The molecule has 3 aromatic rings. The molecule has 1 aromatic carbocycles. The summed E-state index contributed by atoms with van der Waals surface area (Å²) in [6.45, 7) is -0.758. The summed E-state index contributed by atoms with van der Waals surface area (Å²) in [5.41, 5.74) is 4.21. The molecule has 1 unspecified atom stereocenters. The molecule has 0 saturated carbocycles. The summed E-state index contributed by atoms with van der Waals surface area (Å²) >= 11 is 0. The van der Waals surface area contributed by atoms with Gasteiger partial charge in [-0.15, -0.1) is 0 Å². The van der Waals surface area contributed by atoms with Crippen LogP contribution >= 0.6 is 0 Å². The van der Waals surface area contributed by atoms with Crippen molar-refractivity contribution in [3.8, 4) is 17.0 Å². The largest absolute Gasteiger partial charge is 0.485 e. The lowest BCUT2D eigenvalue weighted by atomic mass is 9.83. The summed E-state index contributed by atoms with van der Waals surface area (Å²) in [5.74, 6) is -0.434. The maximum atomic E-state index is 13.2. The second-order valence-corrected chi connectivity index (χ2v) is 8.33. The fourth-order valence-electron chi connectivity index (χ4n) is 4.33. The van der Waals surface area contributed by atoms with Crippen molar-refractivity contribution < 1.29 is 23.1 Å². The Morgan fingerprint density at radius 2 is 1.97 bits per heavy atom. The van der Waals surface area contributed by atoms with Crippen molar-refractivity contribution in [1.29, 1.82) is 0 Å². The van der Waals surface area contributed by atoms with Crippen LogP contribution in [0.15, 0.2) is 48.8 Å². The number of hydrogen-bond acceptors (Lipinski definition) is 4. The lowest BCUT2D eigenvalue weighted by molar-refractivity contribution is -0.133. The molecule has 1 atom stereocenters. The minimum Gasteiger partial charge on any atom is -0.485 e. The molecule has 4 rings (SSSR count). The van der Waals surface area contributed by atoms with Gasteiger partial charge < -0.3 is 14.6 Å². The maximum Gasteiger partial charge on any atom is 0.272 e. The van der Waals surface area contributed by atoms with Gasteiger partial charge in [0.25, 0.3) is 6.43 Å². The van der Waals surface area contributed by atoms with Crippen LogP contribution in [0.3, 0.4) is 0 Å². The number of alkyl halides is 2. The summed E-state index contributed by atoms with van der Waals surface area (Å²) in [6.07, 6.45) is 1.32. The van der Waals surface area contributed by atoms with Crippen LogP contribution in [0.2, 0.25) is 0 Å². The highest BCUT2D eigenvalue weighted by Gasteiger charge is 2.35. The van der Waals surface area contributed by atoms with E-state index in [0.717, 1.165) is 11.1 Å². The topological polar surface area (TPSA) is 75.3 Å². The third-order valence-electron chi connectivity index (χ3n) is 5.77. The molecule has 8 heteroatoms. The number of fused-ring (bicyclic) bond motifs is 1. The van der Waals surface area contributed by atoms with E-state index in [0.29, 0.717) is 35.4 Å². The Hall–Kier alpha value is -3.55. The second kappa shape index (κ2) is 9.52. The van der Waals surface area contributed by atoms with Crippen LogP contribution in [-0.2, 0) is 17.6 Å². The predicted molar refractivity (Wildman–Crippen MR) is 120 cm³/mol. The number of H-pyrrole nitrogens is 1. The summed E-state index contributed by atoms with van der Waals surface area (Å²) in [4.78, 5) is 34.7. The Morgan fingerprint density at radius 1 is 1.21 bits per heavy atom. The number of nitrogens with zero attached hydrogens (tertiary/aromatic N) is 2. The Bertz CT molecular complexity index is 1160. The van der Waals surface area contributed by atoms with Crippen molar-refractivity contribution >= 4 is 11.7 Å². The molecule has 0 spiro atoms. The molecule has 33 heavy (non-hydrogen) atoms. The van der Waals surface area contributed by atoms with Gasteiger partial charge in [0, 0.05) is 56.4 Å². The van der Waals surface area contributed by atoms with E-state index in [1.807, 2.05) is 30.3 Å². The number of ketones is 1. The molecule has 0 aliphatic heterocycles. The Balaban J connectivity index is 1.82. The molecule has 1 N–H and O–H groups in total. The number of amides is 1. The highest BCUT2D eigenvalue weighted by Crippen LogP contribution is 2.39. The Morgan fingerprint density at radius 3 is 2.67 bits per heavy atom. The third-order valence-corrected chi connectivity index (χ3v) is 5.77. The number of halogens is 2. The van der Waals surface area contributed by atoms with E-state index in [9.17, 15) is 18.4 Å². The van der Waals surface area contributed by atoms with Gasteiger partial charge in [-0.2, -0.15) is 0 Å². The highest BCUT2D eigenvalue weighted by atomic mass is 19.3. The average molecular weight is 453 g/mol. The number of rotatable bonds is 7. The van der Waals surface area contributed by atoms with Crippen molar-refractivity contribution in [3.05, 3.63) is 71.2 Å². The normalized spacial score (nSPS) is 15.4. The molecular weight excluding hydrogens is 428 g/mol. The van der Waals surface area contributed by atoms with Gasteiger partial charge in [-0.25, -0.2) is 8.78 Å².